The van der Waals surface area contributed by atoms with Crippen LogP contribution in [0.25, 0.3) is 21.9 Å². The molecule has 1 amide bonds. The molecule has 41 heavy (non-hydrogen) atoms. The molecule has 4 heterocycles. The summed E-state index contributed by atoms with van der Waals surface area (Å²) in [5.41, 5.74) is 2.10. The van der Waals surface area contributed by atoms with Crippen LogP contribution in [0.15, 0.2) is 55.5 Å². The predicted octanol–water partition coefficient (Wildman–Crippen LogP) is 4.26. The Morgan fingerprint density at radius 2 is 1.85 bits per heavy atom. The summed E-state index contributed by atoms with van der Waals surface area (Å²) >= 11 is 0. The lowest BCUT2D eigenvalue weighted by atomic mass is 10.1. The van der Waals surface area contributed by atoms with Crippen molar-refractivity contribution in [1.29, 1.82) is 0 Å². The van der Waals surface area contributed by atoms with Gasteiger partial charge in [0.1, 0.15) is 29.2 Å². The van der Waals surface area contributed by atoms with Crippen LogP contribution in [0, 0.1) is 18.6 Å². The first-order valence-electron chi connectivity index (χ1n) is 12.8. The molecule has 1 aliphatic rings. The second-order valence-corrected chi connectivity index (χ2v) is 9.54. The first-order valence-corrected chi connectivity index (χ1v) is 12.8. The largest absolute Gasteiger partial charge is 0.457 e. The molecule has 0 aliphatic carbocycles. The highest BCUT2D eigenvalue weighted by Crippen LogP contribution is 2.35. The maximum absolute atomic E-state index is 15.9. The number of aryl methyl sites for hydroxylation is 1. The molecule has 0 spiro atoms. The monoisotopic (exact) mass is 557 g/mol. The molecule has 0 radical (unpaired) electrons. The van der Waals surface area contributed by atoms with Crippen molar-refractivity contribution in [3.05, 3.63) is 72.7 Å². The van der Waals surface area contributed by atoms with Crippen molar-refractivity contribution in [3.63, 3.8) is 0 Å². The van der Waals surface area contributed by atoms with Gasteiger partial charge in [-0.15, -0.1) is 5.10 Å². The van der Waals surface area contributed by atoms with Crippen LogP contribution in [-0.4, -0.2) is 66.9 Å². The normalized spacial score (nSPS) is 13.6. The van der Waals surface area contributed by atoms with Gasteiger partial charge in [0, 0.05) is 44.9 Å². The van der Waals surface area contributed by atoms with E-state index in [0.29, 0.717) is 43.2 Å². The van der Waals surface area contributed by atoms with Crippen molar-refractivity contribution in [2.45, 2.75) is 6.92 Å². The minimum Gasteiger partial charge on any atom is -0.457 e. The summed E-state index contributed by atoms with van der Waals surface area (Å²) in [4.78, 5) is 27.9. The van der Waals surface area contributed by atoms with Crippen LogP contribution in [0.2, 0.25) is 0 Å². The second kappa shape index (κ2) is 10.4. The minimum absolute atomic E-state index is 0.0803. The second-order valence-electron chi connectivity index (χ2n) is 9.54. The summed E-state index contributed by atoms with van der Waals surface area (Å²) in [5.74, 6) is -0.372. The standard InChI is InChI=1S/C28H25F2N9O2/c1-4-23(40)38-9-11-39(12-10-38)28-26(30)24-20(14-31-28)32-15-33-27(24)34-18-6-8-22(16(2)25(18)29)41-17-5-7-21-19(13-17)35-36-37(21)3/h4-8,13-15H,1,9-12H2,2-3H3,(H,32,33,34). The third-order valence-corrected chi connectivity index (χ3v) is 7.07. The lowest BCUT2D eigenvalue weighted by molar-refractivity contribution is -0.126. The molecule has 0 bridgehead atoms. The van der Waals surface area contributed by atoms with Gasteiger partial charge in [-0.1, -0.05) is 11.8 Å². The molecule has 0 unspecified atom stereocenters. The Bertz CT molecular complexity index is 1820. The van der Waals surface area contributed by atoms with Gasteiger partial charge in [-0.2, -0.15) is 0 Å². The molecule has 1 aliphatic heterocycles. The zero-order valence-electron chi connectivity index (χ0n) is 22.3. The van der Waals surface area contributed by atoms with E-state index in [9.17, 15) is 4.79 Å². The van der Waals surface area contributed by atoms with Gasteiger partial charge in [0.05, 0.1) is 28.3 Å². The Balaban J connectivity index is 1.27. The van der Waals surface area contributed by atoms with Crippen LogP contribution >= 0.6 is 0 Å². The molecule has 1 saturated heterocycles. The van der Waals surface area contributed by atoms with Crippen LogP contribution < -0.4 is 15.0 Å². The van der Waals surface area contributed by atoms with E-state index < -0.39 is 11.6 Å². The van der Waals surface area contributed by atoms with Crippen molar-refractivity contribution >= 4 is 45.2 Å². The maximum atomic E-state index is 15.9. The smallest absolute Gasteiger partial charge is 0.246 e. The number of nitrogens with one attached hydrogen (secondary N) is 1. The molecule has 11 nitrogen and oxygen atoms in total. The predicted molar refractivity (Wildman–Crippen MR) is 149 cm³/mol. The Hall–Kier alpha value is -5.20. The molecule has 13 heteroatoms. The van der Waals surface area contributed by atoms with Crippen LogP contribution in [0.5, 0.6) is 11.5 Å². The number of fused-ring (bicyclic) bond motifs is 2. The van der Waals surface area contributed by atoms with Crippen LogP contribution in [0.4, 0.5) is 26.1 Å². The van der Waals surface area contributed by atoms with Crippen LogP contribution in [0.3, 0.4) is 0 Å². The van der Waals surface area contributed by atoms with E-state index in [4.69, 9.17) is 4.74 Å². The van der Waals surface area contributed by atoms with Gasteiger partial charge in [0.2, 0.25) is 5.91 Å². The molecule has 1 fully saturated rings. The zero-order chi connectivity index (χ0) is 28.7. The summed E-state index contributed by atoms with van der Waals surface area (Å²) in [6.07, 6.45) is 3.97. The number of halogens is 2. The molecular weight excluding hydrogens is 532 g/mol. The number of aromatic nitrogens is 6. The number of hydrogen-bond acceptors (Lipinski definition) is 9. The zero-order valence-corrected chi connectivity index (χ0v) is 22.3. The fourth-order valence-corrected chi connectivity index (χ4v) is 4.80. The number of carbonyl (C=O) groups is 1. The lowest BCUT2D eigenvalue weighted by Crippen LogP contribution is -2.48. The number of ether oxygens (including phenoxy) is 1. The van der Waals surface area contributed by atoms with E-state index in [0.717, 1.165) is 5.52 Å². The van der Waals surface area contributed by atoms with E-state index in [1.54, 1.807) is 46.7 Å². The number of nitrogens with zero attached hydrogens (tertiary/aromatic N) is 8. The number of piperazine rings is 1. The number of hydrogen-bond donors (Lipinski definition) is 1. The Labute approximate surface area is 233 Å². The molecule has 2 aromatic carbocycles. The maximum Gasteiger partial charge on any atom is 0.246 e. The third-order valence-electron chi connectivity index (χ3n) is 7.07. The summed E-state index contributed by atoms with van der Waals surface area (Å²) < 4.78 is 39.0. The number of amides is 1. The van der Waals surface area contributed by atoms with Crippen LogP contribution in [-0.2, 0) is 11.8 Å². The number of pyridine rings is 1. The van der Waals surface area contributed by atoms with E-state index >= 15 is 8.78 Å². The molecule has 5 aromatic rings. The van der Waals surface area contributed by atoms with Gasteiger partial charge >= 0.3 is 0 Å². The van der Waals surface area contributed by atoms with Gasteiger partial charge in [-0.25, -0.2) is 28.4 Å². The van der Waals surface area contributed by atoms with Gasteiger partial charge in [0.15, 0.2) is 17.5 Å². The van der Waals surface area contributed by atoms with Crippen molar-refractivity contribution in [3.8, 4) is 11.5 Å². The number of carbonyl (C=O) groups excluding carboxylic acids is 1. The van der Waals surface area contributed by atoms with Crippen molar-refractivity contribution in [2.24, 2.45) is 7.05 Å². The molecule has 1 N–H and O–H groups in total. The summed E-state index contributed by atoms with van der Waals surface area (Å²) in [7, 11) is 1.79. The summed E-state index contributed by atoms with van der Waals surface area (Å²) in [5, 5.41) is 11.1. The van der Waals surface area contributed by atoms with E-state index in [1.807, 2.05) is 6.07 Å². The van der Waals surface area contributed by atoms with Gasteiger partial charge in [-0.3, -0.25) is 4.79 Å². The quantitative estimate of drug-likeness (QED) is 0.306. The van der Waals surface area contributed by atoms with Crippen molar-refractivity contribution < 1.29 is 18.3 Å². The van der Waals surface area contributed by atoms with Crippen LogP contribution in [0.1, 0.15) is 5.56 Å². The minimum atomic E-state index is -0.634. The highest BCUT2D eigenvalue weighted by atomic mass is 19.1. The summed E-state index contributed by atoms with van der Waals surface area (Å²) in [6, 6.07) is 8.43. The van der Waals surface area contributed by atoms with Gasteiger partial charge in [0.25, 0.3) is 0 Å². The fourth-order valence-electron chi connectivity index (χ4n) is 4.80. The number of rotatable bonds is 6. The van der Waals surface area contributed by atoms with Gasteiger partial charge < -0.3 is 19.9 Å². The third kappa shape index (κ3) is 4.75. The molecule has 208 valence electrons. The molecular formula is C28H25F2N9O2. The highest BCUT2D eigenvalue weighted by Gasteiger charge is 2.25. The average molecular weight is 558 g/mol. The fraction of sp³-hybridized carbons (Fsp3) is 0.214. The number of benzene rings is 2. The topological polar surface area (TPSA) is 114 Å². The first kappa shape index (κ1) is 26.0. The van der Waals surface area contributed by atoms with Crippen molar-refractivity contribution in [1.82, 2.24) is 34.8 Å². The van der Waals surface area contributed by atoms with E-state index in [2.05, 4.69) is 37.2 Å². The Morgan fingerprint density at radius 3 is 2.63 bits per heavy atom. The Morgan fingerprint density at radius 1 is 1.05 bits per heavy atom. The first-order chi connectivity index (χ1) is 19.8. The summed E-state index contributed by atoms with van der Waals surface area (Å²) in [6.45, 7) is 6.71. The SMILES string of the molecule is C=CC(=O)N1CCN(c2ncc3ncnc(Nc4ccc(Oc5ccc6c(c5)nnn6C)c(C)c4F)c3c2F)CC1. The van der Waals surface area contributed by atoms with Crippen molar-refractivity contribution in [2.75, 3.05) is 36.4 Å². The lowest BCUT2D eigenvalue weighted by Gasteiger charge is -2.35. The Kier molecular flexibility index (Phi) is 6.61. The number of anilines is 3. The average Bonchev–Trinajstić information content (AvgIpc) is 3.36. The highest BCUT2D eigenvalue weighted by molar-refractivity contribution is 5.93. The molecule has 6 rings (SSSR count). The molecule has 3 aromatic heterocycles. The van der Waals surface area contributed by atoms with Gasteiger partial charge in [-0.05, 0) is 37.3 Å². The van der Waals surface area contributed by atoms with E-state index in [1.165, 1.54) is 24.7 Å². The van der Waals surface area contributed by atoms with E-state index in [-0.39, 0.29) is 39.7 Å². The molecule has 0 saturated carbocycles. The molecule has 0 atom stereocenters.